The molecular weight excluding hydrogens is 270 g/mol. The molecule has 0 aliphatic carbocycles. The predicted molar refractivity (Wildman–Crippen MR) is 86.4 cm³/mol. The summed E-state index contributed by atoms with van der Waals surface area (Å²) in [7, 11) is 0. The zero-order valence-corrected chi connectivity index (χ0v) is 13.0. The molecule has 1 heterocycles. The average Bonchev–Trinajstić information content (AvgIpc) is 2.86. The molecule has 1 aromatic carbocycles. The van der Waals surface area contributed by atoms with Gasteiger partial charge in [0.05, 0.1) is 6.54 Å². The van der Waals surface area contributed by atoms with E-state index in [0.717, 1.165) is 23.8 Å². The molecular formula is C15H21N3OS. The number of hydrogen-bond acceptors (Lipinski definition) is 3. The zero-order valence-electron chi connectivity index (χ0n) is 12.2. The molecule has 0 saturated heterocycles. The fourth-order valence-corrected chi connectivity index (χ4v) is 2.99. The first-order valence-corrected chi connectivity index (χ1v) is 7.86. The number of carbonyl (C=O) groups is 1. The van der Waals surface area contributed by atoms with Gasteiger partial charge in [-0.1, -0.05) is 43.8 Å². The van der Waals surface area contributed by atoms with E-state index in [9.17, 15) is 4.79 Å². The number of benzene rings is 1. The first-order chi connectivity index (χ1) is 9.61. The van der Waals surface area contributed by atoms with Crippen LogP contribution in [0.25, 0.3) is 0 Å². The van der Waals surface area contributed by atoms with E-state index in [-0.39, 0.29) is 12.1 Å². The lowest BCUT2D eigenvalue weighted by molar-refractivity contribution is 0.224. The standard InChI is InChI=1S/C15H21N3OS/c1-4-11(2)18(15-16-10-12(3)20-15)14(19)17-13-8-6-5-7-9-13/h5-9,11-12H,4,10H2,1-3H3,(H,17,19). The molecule has 0 bridgehead atoms. The smallest absolute Gasteiger partial charge is 0.307 e. The van der Waals surface area contributed by atoms with Gasteiger partial charge < -0.3 is 5.32 Å². The Morgan fingerprint density at radius 3 is 2.75 bits per heavy atom. The van der Waals surface area contributed by atoms with E-state index in [4.69, 9.17) is 0 Å². The normalized spacial score (nSPS) is 19.4. The van der Waals surface area contributed by atoms with Crippen LogP contribution in [0.3, 0.4) is 0 Å². The van der Waals surface area contributed by atoms with Gasteiger partial charge in [0, 0.05) is 17.0 Å². The van der Waals surface area contributed by atoms with Gasteiger partial charge in [-0.25, -0.2) is 4.79 Å². The highest BCUT2D eigenvalue weighted by Crippen LogP contribution is 2.25. The quantitative estimate of drug-likeness (QED) is 0.920. The van der Waals surface area contributed by atoms with Crippen molar-refractivity contribution in [3.8, 4) is 0 Å². The Bertz CT molecular complexity index is 489. The summed E-state index contributed by atoms with van der Waals surface area (Å²) in [6.07, 6.45) is 0.899. The average molecular weight is 291 g/mol. The Balaban J connectivity index is 2.12. The number of amides is 2. The van der Waals surface area contributed by atoms with Crippen molar-refractivity contribution in [1.82, 2.24) is 4.90 Å². The number of carbonyl (C=O) groups excluding carboxylic acids is 1. The minimum atomic E-state index is -0.106. The van der Waals surface area contributed by atoms with Gasteiger partial charge in [0.1, 0.15) is 0 Å². The van der Waals surface area contributed by atoms with Gasteiger partial charge in [-0.15, -0.1) is 0 Å². The topological polar surface area (TPSA) is 44.7 Å². The third kappa shape index (κ3) is 3.54. The fourth-order valence-electron chi connectivity index (χ4n) is 1.96. The van der Waals surface area contributed by atoms with Crippen molar-refractivity contribution < 1.29 is 4.79 Å². The number of hydrogen-bond donors (Lipinski definition) is 1. The Labute approximate surface area is 124 Å². The minimum Gasteiger partial charge on any atom is -0.307 e. The van der Waals surface area contributed by atoms with Crippen LogP contribution >= 0.6 is 11.8 Å². The van der Waals surface area contributed by atoms with Gasteiger partial charge in [0.2, 0.25) is 0 Å². The van der Waals surface area contributed by atoms with Crippen molar-refractivity contribution in [3.05, 3.63) is 30.3 Å². The summed E-state index contributed by atoms with van der Waals surface area (Å²) >= 11 is 1.67. The second kappa shape index (κ2) is 6.79. The van der Waals surface area contributed by atoms with Gasteiger partial charge >= 0.3 is 6.03 Å². The lowest BCUT2D eigenvalue weighted by Gasteiger charge is -2.28. The lowest BCUT2D eigenvalue weighted by atomic mass is 10.2. The summed E-state index contributed by atoms with van der Waals surface area (Å²) in [5, 5.41) is 4.22. The van der Waals surface area contributed by atoms with Crippen LogP contribution in [0, 0.1) is 0 Å². The number of rotatable bonds is 3. The summed E-state index contributed by atoms with van der Waals surface area (Å²) in [6, 6.07) is 9.56. The molecule has 0 radical (unpaired) electrons. The van der Waals surface area contributed by atoms with E-state index in [1.807, 2.05) is 30.3 Å². The number of aliphatic imine (C=N–C) groups is 1. The Morgan fingerprint density at radius 1 is 1.50 bits per heavy atom. The van der Waals surface area contributed by atoms with Crippen molar-refractivity contribution in [2.45, 2.75) is 38.5 Å². The van der Waals surface area contributed by atoms with Crippen molar-refractivity contribution in [1.29, 1.82) is 0 Å². The molecule has 5 heteroatoms. The number of urea groups is 1. The second-order valence-corrected chi connectivity index (χ2v) is 6.38. The van der Waals surface area contributed by atoms with Crippen molar-refractivity contribution in [3.63, 3.8) is 0 Å². The van der Waals surface area contributed by atoms with Gasteiger partial charge in [-0.3, -0.25) is 9.89 Å². The van der Waals surface area contributed by atoms with Crippen LogP contribution in [-0.2, 0) is 0 Å². The monoisotopic (exact) mass is 291 g/mol. The summed E-state index contributed by atoms with van der Waals surface area (Å²) in [4.78, 5) is 18.8. The zero-order chi connectivity index (χ0) is 14.5. The molecule has 4 nitrogen and oxygen atoms in total. The van der Waals surface area contributed by atoms with Crippen LogP contribution in [0.5, 0.6) is 0 Å². The van der Waals surface area contributed by atoms with E-state index in [2.05, 4.69) is 31.1 Å². The van der Waals surface area contributed by atoms with E-state index in [1.54, 1.807) is 16.7 Å². The van der Waals surface area contributed by atoms with Gasteiger partial charge in [-0.05, 0) is 25.5 Å². The highest BCUT2D eigenvalue weighted by Gasteiger charge is 2.29. The molecule has 1 aliphatic rings. The number of nitrogens with zero attached hydrogens (tertiary/aromatic N) is 2. The van der Waals surface area contributed by atoms with Gasteiger partial charge in [-0.2, -0.15) is 0 Å². The summed E-state index contributed by atoms with van der Waals surface area (Å²) in [5.41, 5.74) is 0.808. The molecule has 20 heavy (non-hydrogen) atoms. The molecule has 0 fully saturated rings. The summed E-state index contributed by atoms with van der Waals surface area (Å²) in [5.74, 6) is 0. The molecule has 1 aromatic rings. The molecule has 0 spiro atoms. The third-order valence-electron chi connectivity index (χ3n) is 3.27. The van der Waals surface area contributed by atoms with E-state index in [0.29, 0.717) is 5.25 Å². The molecule has 2 amide bonds. The second-order valence-electron chi connectivity index (χ2n) is 4.98. The van der Waals surface area contributed by atoms with Crippen LogP contribution in [0.4, 0.5) is 10.5 Å². The van der Waals surface area contributed by atoms with Crippen LogP contribution in [0.15, 0.2) is 35.3 Å². The number of nitrogens with one attached hydrogen (secondary N) is 1. The minimum absolute atomic E-state index is 0.106. The number of para-hydroxylation sites is 1. The molecule has 1 N–H and O–H groups in total. The Hall–Kier alpha value is -1.49. The maximum Gasteiger partial charge on any atom is 0.328 e. The summed E-state index contributed by atoms with van der Waals surface area (Å²) < 4.78 is 0. The highest BCUT2D eigenvalue weighted by atomic mass is 32.2. The Kier molecular flexibility index (Phi) is 5.06. The maximum atomic E-state index is 12.5. The first kappa shape index (κ1) is 14.9. The summed E-state index contributed by atoms with van der Waals surface area (Å²) in [6.45, 7) is 7.05. The van der Waals surface area contributed by atoms with E-state index < -0.39 is 0 Å². The lowest BCUT2D eigenvalue weighted by Crippen LogP contribution is -2.44. The molecule has 2 rings (SSSR count). The predicted octanol–water partition coefficient (Wildman–Crippen LogP) is 3.81. The van der Waals surface area contributed by atoms with Crippen molar-refractivity contribution in [2.75, 3.05) is 11.9 Å². The van der Waals surface area contributed by atoms with Crippen molar-refractivity contribution in [2.24, 2.45) is 4.99 Å². The van der Waals surface area contributed by atoms with Crippen LogP contribution < -0.4 is 5.32 Å². The molecule has 2 atom stereocenters. The fraction of sp³-hybridized carbons (Fsp3) is 0.467. The van der Waals surface area contributed by atoms with Crippen LogP contribution in [0.1, 0.15) is 27.2 Å². The highest BCUT2D eigenvalue weighted by molar-refractivity contribution is 8.14. The van der Waals surface area contributed by atoms with E-state index >= 15 is 0 Å². The molecule has 2 unspecified atom stereocenters. The molecule has 1 aliphatic heterocycles. The maximum absolute atomic E-state index is 12.5. The van der Waals surface area contributed by atoms with Crippen molar-refractivity contribution >= 4 is 28.6 Å². The SMILES string of the molecule is CCC(C)N(C(=O)Nc1ccccc1)C1=NCC(C)S1. The Morgan fingerprint density at radius 2 is 2.20 bits per heavy atom. The molecule has 0 aromatic heterocycles. The first-order valence-electron chi connectivity index (χ1n) is 6.98. The third-order valence-corrected chi connectivity index (χ3v) is 4.36. The molecule has 0 saturated carbocycles. The number of amidine groups is 1. The van der Waals surface area contributed by atoms with Gasteiger partial charge in [0.15, 0.2) is 5.17 Å². The number of anilines is 1. The van der Waals surface area contributed by atoms with Gasteiger partial charge in [0.25, 0.3) is 0 Å². The largest absolute Gasteiger partial charge is 0.328 e. The van der Waals surface area contributed by atoms with Crippen LogP contribution in [0.2, 0.25) is 0 Å². The molecule has 108 valence electrons. The number of thioether (sulfide) groups is 1. The van der Waals surface area contributed by atoms with E-state index in [1.165, 1.54) is 0 Å². The van der Waals surface area contributed by atoms with Crippen LogP contribution in [-0.4, -0.2) is 33.9 Å².